The fourth-order valence-corrected chi connectivity index (χ4v) is 2.19. The van der Waals surface area contributed by atoms with Crippen LogP contribution in [-0.2, 0) is 4.79 Å². The lowest BCUT2D eigenvalue weighted by molar-refractivity contribution is -0.137. The van der Waals surface area contributed by atoms with Crippen molar-refractivity contribution in [3.63, 3.8) is 0 Å². The van der Waals surface area contributed by atoms with Crippen LogP contribution in [0.2, 0.25) is 0 Å². The van der Waals surface area contributed by atoms with E-state index in [2.05, 4.69) is 22.3 Å². The van der Waals surface area contributed by atoms with Crippen LogP contribution in [0.3, 0.4) is 0 Å². The van der Waals surface area contributed by atoms with Crippen molar-refractivity contribution in [2.45, 2.75) is 18.9 Å². The lowest BCUT2D eigenvalue weighted by Crippen LogP contribution is -2.50. The average Bonchev–Trinajstić information content (AvgIpc) is 2.38. The van der Waals surface area contributed by atoms with E-state index in [1.165, 1.54) is 5.69 Å². The lowest BCUT2D eigenvalue weighted by Gasteiger charge is -2.35. The molecule has 17 heavy (non-hydrogen) atoms. The number of carboxylic acid groups (broad SMARTS) is 1. The third-order valence-corrected chi connectivity index (χ3v) is 3.08. The number of hydrogen-bond donors (Lipinski definition) is 2. The summed E-state index contributed by atoms with van der Waals surface area (Å²) >= 11 is 0. The zero-order chi connectivity index (χ0) is 12.1. The summed E-state index contributed by atoms with van der Waals surface area (Å²) in [6.07, 6.45) is 0.930. The Labute approximate surface area is 101 Å². The maximum absolute atomic E-state index is 10.6. The van der Waals surface area contributed by atoms with E-state index in [0.29, 0.717) is 6.42 Å². The van der Waals surface area contributed by atoms with Crippen molar-refractivity contribution in [3.05, 3.63) is 30.3 Å². The molecule has 0 bridgehead atoms. The number of anilines is 1. The van der Waals surface area contributed by atoms with Crippen LogP contribution in [-0.4, -0.2) is 36.8 Å². The molecule has 2 rings (SSSR count). The van der Waals surface area contributed by atoms with Gasteiger partial charge in [-0.3, -0.25) is 4.79 Å². The molecule has 4 nitrogen and oxygen atoms in total. The summed E-state index contributed by atoms with van der Waals surface area (Å²) in [4.78, 5) is 12.9. The highest BCUT2D eigenvalue weighted by Gasteiger charge is 2.19. The molecule has 1 aliphatic rings. The second-order valence-electron chi connectivity index (χ2n) is 4.37. The van der Waals surface area contributed by atoms with Gasteiger partial charge in [0.25, 0.3) is 0 Å². The molecule has 1 aromatic rings. The van der Waals surface area contributed by atoms with Gasteiger partial charge in [0.2, 0.25) is 0 Å². The first-order chi connectivity index (χ1) is 8.25. The Bertz CT molecular complexity index is 367. The fraction of sp³-hybridized carbons (Fsp3) is 0.462. The van der Waals surface area contributed by atoms with Crippen LogP contribution < -0.4 is 10.2 Å². The zero-order valence-corrected chi connectivity index (χ0v) is 9.80. The van der Waals surface area contributed by atoms with Gasteiger partial charge in [-0.1, -0.05) is 18.2 Å². The molecule has 4 heteroatoms. The highest BCUT2D eigenvalue weighted by Crippen LogP contribution is 2.16. The Hall–Kier alpha value is -1.55. The second kappa shape index (κ2) is 5.68. The molecular formula is C13H18N2O2. The molecule has 0 aliphatic carbocycles. The molecule has 2 N–H and O–H groups in total. The number of carboxylic acids is 1. The number of hydrogen-bond acceptors (Lipinski definition) is 3. The molecule has 1 aliphatic heterocycles. The topological polar surface area (TPSA) is 52.6 Å². The molecule has 0 saturated carbocycles. The number of benzene rings is 1. The van der Waals surface area contributed by atoms with Crippen molar-refractivity contribution in [1.82, 2.24) is 5.32 Å². The molecule has 1 unspecified atom stereocenters. The smallest absolute Gasteiger partial charge is 0.303 e. The summed E-state index contributed by atoms with van der Waals surface area (Å²) in [5.74, 6) is -0.719. The normalized spacial score (nSPS) is 20.2. The third kappa shape index (κ3) is 3.46. The minimum Gasteiger partial charge on any atom is -0.481 e. The quantitative estimate of drug-likeness (QED) is 0.825. The van der Waals surface area contributed by atoms with Crippen molar-refractivity contribution >= 4 is 11.7 Å². The van der Waals surface area contributed by atoms with E-state index >= 15 is 0 Å². The van der Waals surface area contributed by atoms with Gasteiger partial charge in [0.05, 0.1) is 0 Å². The summed E-state index contributed by atoms with van der Waals surface area (Å²) in [7, 11) is 0. The van der Waals surface area contributed by atoms with Gasteiger partial charge in [-0.2, -0.15) is 0 Å². The van der Waals surface area contributed by atoms with Gasteiger partial charge in [-0.25, -0.2) is 0 Å². The Kier molecular flexibility index (Phi) is 3.98. The number of nitrogens with zero attached hydrogens (tertiary/aromatic N) is 1. The Morgan fingerprint density at radius 1 is 1.41 bits per heavy atom. The highest BCUT2D eigenvalue weighted by atomic mass is 16.4. The predicted molar refractivity (Wildman–Crippen MR) is 67.3 cm³/mol. The summed E-state index contributed by atoms with van der Waals surface area (Å²) < 4.78 is 0. The third-order valence-electron chi connectivity index (χ3n) is 3.08. The molecule has 92 valence electrons. The zero-order valence-electron chi connectivity index (χ0n) is 9.80. The van der Waals surface area contributed by atoms with Crippen molar-refractivity contribution < 1.29 is 9.90 Å². The van der Waals surface area contributed by atoms with Crippen LogP contribution in [0.25, 0.3) is 0 Å². The number of aliphatic carboxylic acids is 1. The summed E-state index contributed by atoms with van der Waals surface area (Å²) in [6, 6.07) is 10.5. The molecule has 0 radical (unpaired) electrons. The standard InChI is InChI=1S/C13H18N2O2/c16-13(17)7-6-11-10-15(9-8-14-11)12-4-2-1-3-5-12/h1-5,11,14H,6-10H2,(H,16,17). The van der Waals surface area contributed by atoms with Crippen LogP contribution in [0.1, 0.15) is 12.8 Å². The van der Waals surface area contributed by atoms with E-state index in [4.69, 9.17) is 5.11 Å². The number of rotatable bonds is 4. The van der Waals surface area contributed by atoms with E-state index < -0.39 is 5.97 Å². The average molecular weight is 234 g/mol. The van der Waals surface area contributed by atoms with Crippen molar-refractivity contribution in [2.24, 2.45) is 0 Å². The Balaban J connectivity index is 1.91. The van der Waals surface area contributed by atoms with Crippen LogP contribution in [0.4, 0.5) is 5.69 Å². The van der Waals surface area contributed by atoms with Crippen LogP contribution in [0.5, 0.6) is 0 Å². The predicted octanol–water partition coefficient (Wildman–Crippen LogP) is 1.33. The molecular weight excluding hydrogens is 216 g/mol. The number of para-hydroxylation sites is 1. The largest absolute Gasteiger partial charge is 0.481 e. The van der Waals surface area contributed by atoms with Crippen molar-refractivity contribution in [2.75, 3.05) is 24.5 Å². The SMILES string of the molecule is O=C(O)CCC1CN(c2ccccc2)CCN1. The number of carbonyl (C=O) groups is 1. The monoisotopic (exact) mass is 234 g/mol. The molecule has 0 spiro atoms. The van der Waals surface area contributed by atoms with Crippen LogP contribution in [0.15, 0.2) is 30.3 Å². The summed E-state index contributed by atoms with van der Waals surface area (Å²) in [5, 5.41) is 12.1. The minimum absolute atomic E-state index is 0.236. The minimum atomic E-state index is -0.719. The first kappa shape index (κ1) is 11.9. The van der Waals surface area contributed by atoms with E-state index in [1.54, 1.807) is 0 Å². The molecule has 1 fully saturated rings. The maximum atomic E-state index is 10.6. The summed E-state index contributed by atoms with van der Waals surface area (Å²) in [6.45, 7) is 2.78. The van der Waals surface area contributed by atoms with Gasteiger partial charge in [-0.05, 0) is 18.6 Å². The van der Waals surface area contributed by atoms with E-state index in [1.807, 2.05) is 18.2 Å². The van der Waals surface area contributed by atoms with Crippen molar-refractivity contribution in [3.8, 4) is 0 Å². The first-order valence-electron chi connectivity index (χ1n) is 6.01. The van der Waals surface area contributed by atoms with E-state index in [9.17, 15) is 4.79 Å². The fourth-order valence-electron chi connectivity index (χ4n) is 2.19. The first-order valence-corrected chi connectivity index (χ1v) is 6.01. The van der Waals surface area contributed by atoms with Gasteiger partial charge in [0.15, 0.2) is 0 Å². The molecule has 0 amide bonds. The highest BCUT2D eigenvalue weighted by molar-refractivity contribution is 5.66. The number of nitrogens with one attached hydrogen (secondary N) is 1. The molecule has 1 saturated heterocycles. The van der Waals surface area contributed by atoms with Gasteiger partial charge >= 0.3 is 5.97 Å². The molecule has 1 heterocycles. The van der Waals surface area contributed by atoms with Crippen molar-refractivity contribution in [1.29, 1.82) is 0 Å². The molecule has 0 aromatic heterocycles. The Morgan fingerprint density at radius 2 is 2.18 bits per heavy atom. The van der Waals surface area contributed by atoms with Gasteiger partial charge in [0, 0.05) is 37.8 Å². The maximum Gasteiger partial charge on any atom is 0.303 e. The Morgan fingerprint density at radius 3 is 2.88 bits per heavy atom. The molecule has 1 atom stereocenters. The number of piperazine rings is 1. The van der Waals surface area contributed by atoms with E-state index in [-0.39, 0.29) is 12.5 Å². The van der Waals surface area contributed by atoms with Gasteiger partial charge in [0.1, 0.15) is 0 Å². The lowest BCUT2D eigenvalue weighted by atomic mass is 10.1. The van der Waals surface area contributed by atoms with Gasteiger partial charge < -0.3 is 15.3 Å². The summed E-state index contributed by atoms with van der Waals surface area (Å²) in [5.41, 5.74) is 1.22. The second-order valence-corrected chi connectivity index (χ2v) is 4.37. The van der Waals surface area contributed by atoms with Crippen LogP contribution >= 0.6 is 0 Å². The van der Waals surface area contributed by atoms with Crippen LogP contribution in [0, 0.1) is 0 Å². The molecule has 1 aromatic carbocycles. The van der Waals surface area contributed by atoms with E-state index in [0.717, 1.165) is 19.6 Å². The van der Waals surface area contributed by atoms with Gasteiger partial charge in [-0.15, -0.1) is 0 Å².